The molecule has 0 atom stereocenters. The highest BCUT2D eigenvalue weighted by molar-refractivity contribution is 5.88. The van der Waals surface area contributed by atoms with Gasteiger partial charge in [-0.3, -0.25) is 9.97 Å². The normalized spacial score (nSPS) is 11.7. The Balaban J connectivity index is 1.65. The second kappa shape index (κ2) is 7.35. The largest absolute Gasteiger partial charge is 0.256 e. The van der Waals surface area contributed by atoms with Crippen LogP contribution in [0.25, 0.3) is 22.6 Å². The predicted octanol–water partition coefficient (Wildman–Crippen LogP) is 4.58. The van der Waals surface area contributed by atoms with Crippen molar-refractivity contribution in [2.24, 2.45) is 0 Å². The molecule has 28 heavy (non-hydrogen) atoms. The summed E-state index contributed by atoms with van der Waals surface area (Å²) in [5.74, 6) is 0.817. The second-order valence-electron chi connectivity index (χ2n) is 7.01. The van der Waals surface area contributed by atoms with Crippen molar-refractivity contribution in [3.05, 3.63) is 83.2 Å². The minimum absolute atomic E-state index is 0.739. The van der Waals surface area contributed by atoms with E-state index in [0.717, 1.165) is 57.9 Å². The Morgan fingerprint density at radius 3 is 2.64 bits per heavy atom. The monoisotopic (exact) mass is 369 g/mol. The van der Waals surface area contributed by atoms with Crippen LogP contribution in [0.4, 0.5) is 0 Å². The molecule has 140 valence electrons. The van der Waals surface area contributed by atoms with E-state index in [-0.39, 0.29) is 0 Å². The Hall–Kier alpha value is -3.34. The number of aromatic nitrogens is 5. The molecule has 0 saturated carbocycles. The van der Waals surface area contributed by atoms with Crippen LogP contribution in [0.15, 0.2) is 49.2 Å². The van der Waals surface area contributed by atoms with Gasteiger partial charge in [0, 0.05) is 29.3 Å². The Kier molecular flexibility index (Phi) is 4.74. The van der Waals surface area contributed by atoms with Gasteiger partial charge >= 0.3 is 0 Å². The van der Waals surface area contributed by atoms with Crippen LogP contribution >= 0.6 is 0 Å². The van der Waals surface area contributed by atoms with Crippen molar-refractivity contribution in [1.82, 2.24) is 24.6 Å². The SMILES string of the molecule is C=C/C=C\c1c(C)ccc2ccc(CCc3nc4c(C)ncc(C)n4n3)nc12. The number of allylic oxidation sites excluding steroid dienone is 2. The average Bonchev–Trinajstić information content (AvgIpc) is 3.14. The number of fused-ring (bicyclic) bond motifs is 2. The molecule has 1 aromatic carbocycles. The fourth-order valence-electron chi connectivity index (χ4n) is 3.35. The van der Waals surface area contributed by atoms with E-state index >= 15 is 0 Å². The van der Waals surface area contributed by atoms with Crippen LogP contribution in [-0.4, -0.2) is 24.6 Å². The maximum absolute atomic E-state index is 4.93. The first-order valence-corrected chi connectivity index (χ1v) is 9.43. The topological polar surface area (TPSA) is 56.0 Å². The molecule has 4 aromatic rings. The molecular weight excluding hydrogens is 346 g/mol. The van der Waals surface area contributed by atoms with Gasteiger partial charge in [-0.25, -0.2) is 9.50 Å². The maximum Gasteiger partial charge on any atom is 0.177 e. The van der Waals surface area contributed by atoms with E-state index in [4.69, 9.17) is 4.98 Å². The fourth-order valence-corrected chi connectivity index (χ4v) is 3.35. The molecule has 0 fully saturated rings. The molecule has 0 unspecified atom stereocenters. The summed E-state index contributed by atoms with van der Waals surface area (Å²) in [5, 5.41) is 5.78. The molecule has 0 aliphatic rings. The van der Waals surface area contributed by atoms with E-state index in [1.165, 1.54) is 5.56 Å². The van der Waals surface area contributed by atoms with Crippen LogP contribution in [0, 0.1) is 20.8 Å². The first-order chi connectivity index (χ1) is 13.6. The lowest BCUT2D eigenvalue weighted by molar-refractivity contribution is 0.808. The van der Waals surface area contributed by atoms with Crippen LogP contribution in [0.2, 0.25) is 0 Å². The highest BCUT2D eigenvalue weighted by atomic mass is 15.3. The number of pyridine rings is 1. The summed E-state index contributed by atoms with van der Waals surface area (Å²) in [6.45, 7) is 9.82. The molecular formula is C23H23N5. The van der Waals surface area contributed by atoms with E-state index in [1.54, 1.807) is 6.08 Å². The highest BCUT2D eigenvalue weighted by Crippen LogP contribution is 2.23. The summed E-state index contributed by atoms with van der Waals surface area (Å²) in [5.41, 5.74) is 7.11. The number of aryl methyl sites for hydroxylation is 5. The molecule has 0 aliphatic carbocycles. The van der Waals surface area contributed by atoms with E-state index in [2.05, 4.69) is 58.9 Å². The molecule has 0 N–H and O–H groups in total. The Labute approximate surface area is 164 Å². The molecule has 4 rings (SSSR count). The van der Waals surface area contributed by atoms with Crippen molar-refractivity contribution in [2.45, 2.75) is 33.6 Å². The molecule has 0 radical (unpaired) electrons. The summed E-state index contributed by atoms with van der Waals surface area (Å²) in [4.78, 5) is 14.0. The second-order valence-corrected chi connectivity index (χ2v) is 7.01. The molecule has 5 heteroatoms. The fraction of sp³-hybridized carbons (Fsp3) is 0.217. The van der Waals surface area contributed by atoms with Gasteiger partial charge < -0.3 is 0 Å². The van der Waals surface area contributed by atoms with Gasteiger partial charge in [0.1, 0.15) is 0 Å². The zero-order valence-electron chi connectivity index (χ0n) is 16.5. The van der Waals surface area contributed by atoms with Crippen molar-refractivity contribution >= 4 is 22.6 Å². The highest BCUT2D eigenvalue weighted by Gasteiger charge is 2.10. The number of hydrogen-bond donors (Lipinski definition) is 0. The van der Waals surface area contributed by atoms with Crippen LogP contribution in [0.3, 0.4) is 0 Å². The summed E-state index contributed by atoms with van der Waals surface area (Å²) < 4.78 is 1.87. The average molecular weight is 369 g/mol. The molecule has 3 aromatic heterocycles. The van der Waals surface area contributed by atoms with Gasteiger partial charge in [-0.15, -0.1) is 0 Å². The first-order valence-electron chi connectivity index (χ1n) is 9.43. The summed E-state index contributed by atoms with van der Waals surface area (Å²) in [7, 11) is 0. The van der Waals surface area contributed by atoms with Crippen LogP contribution in [-0.2, 0) is 12.8 Å². The minimum atomic E-state index is 0.739. The number of rotatable bonds is 5. The van der Waals surface area contributed by atoms with Gasteiger partial charge in [-0.05, 0) is 38.8 Å². The first kappa shape index (κ1) is 18.0. The summed E-state index contributed by atoms with van der Waals surface area (Å²) in [6.07, 6.45) is 9.17. The zero-order chi connectivity index (χ0) is 19.7. The van der Waals surface area contributed by atoms with Gasteiger partial charge in [0.2, 0.25) is 0 Å². The molecule has 3 heterocycles. The van der Waals surface area contributed by atoms with Crippen molar-refractivity contribution in [1.29, 1.82) is 0 Å². The molecule has 0 saturated heterocycles. The molecule has 5 nitrogen and oxygen atoms in total. The third kappa shape index (κ3) is 3.31. The van der Waals surface area contributed by atoms with E-state index < -0.39 is 0 Å². The molecule has 0 bridgehead atoms. The Bertz CT molecular complexity index is 1180. The van der Waals surface area contributed by atoms with E-state index in [0.29, 0.717) is 0 Å². The van der Waals surface area contributed by atoms with E-state index in [1.807, 2.05) is 30.6 Å². The van der Waals surface area contributed by atoms with Crippen molar-refractivity contribution in [3.8, 4) is 0 Å². The summed E-state index contributed by atoms with van der Waals surface area (Å²) >= 11 is 0. The van der Waals surface area contributed by atoms with Gasteiger partial charge in [0.15, 0.2) is 11.5 Å². The summed E-state index contributed by atoms with van der Waals surface area (Å²) in [6, 6.07) is 8.48. The molecule has 0 aliphatic heterocycles. The number of benzene rings is 1. The van der Waals surface area contributed by atoms with Crippen LogP contribution in [0.5, 0.6) is 0 Å². The predicted molar refractivity (Wildman–Crippen MR) is 113 cm³/mol. The lowest BCUT2D eigenvalue weighted by Gasteiger charge is -2.08. The third-order valence-electron chi connectivity index (χ3n) is 4.93. The standard InChI is InChI=1S/C23H23N5/c1-5-6-7-20-15(2)8-9-18-10-11-19(25-22(18)20)12-13-21-26-23-17(4)24-14-16(3)28(23)27-21/h5-11,14H,1,12-13H2,2-4H3/b7-6-. The van der Waals surface area contributed by atoms with Gasteiger partial charge in [0.25, 0.3) is 0 Å². The third-order valence-corrected chi connectivity index (χ3v) is 4.93. The van der Waals surface area contributed by atoms with Crippen LogP contribution in [0.1, 0.15) is 34.0 Å². The number of nitrogens with zero attached hydrogens (tertiary/aromatic N) is 5. The van der Waals surface area contributed by atoms with Crippen molar-refractivity contribution in [2.75, 3.05) is 0 Å². The molecule has 0 spiro atoms. The molecule has 0 amide bonds. The van der Waals surface area contributed by atoms with Gasteiger partial charge in [0.05, 0.1) is 16.9 Å². The van der Waals surface area contributed by atoms with Crippen LogP contribution < -0.4 is 0 Å². The van der Waals surface area contributed by atoms with Crippen molar-refractivity contribution in [3.63, 3.8) is 0 Å². The Morgan fingerprint density at radius 2 is 1.86 bits per heavy atom. The smallest absolute Gasteiger partial charge is 0.177 e. The lowest BCUT2D eigenvalue weighted by Crippen LogP contribution is -1.99. The number of hydrogen-bond acceptors (Lipinski definition) is 4. The Morgan fingerprint density at radius 1 is 1.04 bits per heavy atom. The van der Waals surface area contributed by atoms with E-state index in [9.17, 15) is 0 Å². The minimum Gasteiger partial charge on any atom is -0.256 e. The van der Waals surface area contributed by atoms with Crippen molar-refractivity contribution < 1.29 is 0 Å². The lowest BCUT2D eigenvalue weighted by atomic mass is 10.0. The van der Waals surface area contributed by atoms with Gasteiger partial charge in [-0.2, -0.15) is 5.10 Å². The maximum atomic E-state index is 4.93. The zero-order valence-corrected chi connectivity index (χ0v) is 16.5. The van der Waals surface area contributed by atoms with Gasteiger partial charge in [-0.1, -0.05) is 43.0 Å². The quantitative estimate of drug-likeness (QED) is 0.483.